The Morgan fingerprint density at radius 2 is 2.07 bits per heavy atom. The third kappa shape index (κ3) is 2.42. The number of primary amides is 1. The normalized spacial score (nSPS) is 11.1. The smallest absolute Gasteiger partial charge is 0.242 e. The molecule has 0 aromatic carbocycles. The summed E-state index contributed by atoms with van der Waals surface area (Å²) in [5.74, 6) is 0.110. The number of nitrogens with zero attached hydrogens (tertiary/aromatic N) is 2. The average molecular weight is 194 g/mol. The van der Waals surface area contributed by atoms with E-state index in [-0.39, 0.29) is 0 Å². The summed E-state index contributed by atoms with van der Waals surface area (Å²) in [5.41, 5.74) is 5.21. The summed E-state index contributed by atoms with van der Waals surface area (Å²) in [7, 11) is 0. The molecule has 5 heteroatoms. The maximum Gasteiger partial charge on any atom is 0.242 e. The van der Waals surface area contributed by atoms with Crippen molar-refractivity contribution in [1.29, 1.82) is 0 Å². The Hall–Kier alpha value is -1.65. The fourth-order valence-corrected chi connectivity index (χ4v) is 0.847. The van der Waals surface area contributed by atoms with Crippen LogP contribution < -0.4 is 11.1 Å². The second-order valence-corrected chi connectivity index (χ2v) is 3.67. The van der Waals surface area contributed by atoms with Gasteiger partial charge in [-0.15, -0.1) is 5.10 Å². The van der Waals surface area contributed by atoms with Gasteiger partial charge in [-0.3, -0.25) is 4.79 Å². The van der Waals surface area contributed by atoms with Crippen molar-refractivity contribution in [1.82, 2.24) is 10.2 Å². The molecule has 0 unspecified atom stereocenters. The SMILES string of the molecule is Cc1ccc(NC(C)(C)C(N)=O)nn1. The van der Waals surface area contributed by atoms with E-state index in [0.717, 1.165) is 5.69 Å². The highest BCUT2D eigenvalue weighted by Gasteiger charge is 2.24. The van der Waals surface area contributed by atoms with E-state index in [9.17, 15) is 4.79 Å². The number of anilines is 1. The Morgan fingerprint density at radius 3 is 2.50 bits per heavy atom. The van der Waals surface area contributed by atoms with Crippen molar-refractivity contribution in [2.45, 2.75) is 26.3 Å². The van der Waals surface area contributed by atoms with Crippen LogP contribution >= 0.6 is 0 Å². The van der Waals surface area contributed by atoms with Gasteiger partial charge in [0.05, 0.1) is 5.69 Å². The zero-order valence-electron chi connectivity index (χ0n) is 8.53. The maximum atomic E-state index is 11.0. The van der Waals surface area contributed by atoms with Gasteiger partial charge in [0.25, 0.3) is 0 Å². The molecule has 3 N–H and O–H groups in total. The summed E-state index contributed by atoms with van der Waals surface area (Å²) in [4.78, 5) is 11.0. The Kier molecular flexibility index (Phi) is 2.69. The van der Waals surface area contributed by atoms with Gasteiger partial charge in [-0.1, -0.05) is 0 Å². The largest absolute Gasteiger partial charge is 0.368 e. The molecule has 0 radical (unpaired) electrons. The van der Waals surface area contributed by atoms with Gasteiger partial charge in [-0.25, -0.2) is 0 Å². The Labute approximate surface area is 82.7 Å². The molecule has 0 aliphatic heterocycles. The van der Waals surface area contributed by atoms with Crippen molar-refractivity contribution in [2.24, 2.45) is 5.73 Å². The molecule has 0 spiro atoms. The fraction of sp³-hybridized carbons (Fsp3) is 0.444. The van der Waals surface area contributed by atoms with E-state index >= 15 is 0 Å². The first-order valence-corrected chi connectivity index (χ1v) is 4.30. The number of carbonyl (C=O) groups is 1. The van der Waals surface area contributed by atoms with E-state index in [0.29, 0.717) is 5.82 Å². The lowest BCUT2D eigenvalue weighted by Crippen LogP contribution is -2.45. The average Bonchev–Trinajstić information content (AvgIpc) is 2.08. The molecule has 0 aliphatic rings. The van der Waals surface area contributed by atoms with Crippen molar-refractivity contribution < 1.29 is 4.79 Å². The van der Waals surface area contributed by atoms with Crippen LogP contribution in [0.4, 0.5) is 5.82 Å². The summed E-state index contributed by atoms with van der Waals surface area (Å²) >= 11 is 0. The number of aryl methyl sites for hydroxylation is 1. The minimum absolute atomic E-state index is 0.431. The van der Waals surface area contributed by atoms with E-state index in [4.69, 9.17) is 5.73 Å². The first-order valence-electron chi connectivity index (χ1n) is 4.30. The lowest BCUT2D eigenvalue weighted by molar-refractivity contribution is -0.121. The Morgan fingerprint density at radius 1 is 1.43 bits per heavy atom. The fourth-order valence-electron chi connectivity index (χ4n) is 0.847. The van der Waals surface area contributed by atoms with E-state index in [1.807, 2.05) is 13.0 Å². The van der Waals surface area contributed by atoms with Crippen LogP contribution in [0.2, 0.25) is 0 Å². The molecule has 0 bridgehead atoms. The van der Waals surface area contributed by atoms with Crippen LogP contribution in [0.1, 0.15) is 19.5 Å². The standard InChI is InChI=1S/C9H14N4O/c1-6-4-5-7(13-12-6)11-9(2,3)8(10)14/h4-5H,1-3H3,(H2,10,14)(H,11,13). The summed E-state index contributed by atoms with van der Waals surface area (Å²) in [5, 5.41) is 10.6. The molecule has 14 heavy (non-hydrogen) atoms. The Balaban J connectivity index is 2.79. The minimum atomic E-state index is -0.816. The number of hydrogen-bond acceptors (Lipinski definition) is 4. The molecule has 1 amide bonds. The van der Waals surface area contributed by atoms with Gasteiger partial charge in [-0.2, -0.15) is 5.10 Å². The molecule has 0 atom stereocenters. The monoisotopic (exact) mass is 194 g/mol. The lowest BCUT2D eigenvalue weighted by atomic mass is 10.1. The lowest BCUT2D eigenvalue weighted by Gasteiger charge is -2.22. The molecule has 1 rings (SSSR count). The van der Waals surface area contributed by atoms with Crippen molar-refractivity contribution in [3.8, 4) is 0 Å². The second kappa shape index (κ2) is 3.61. The van der Waals surface area contributed by atoms with Gasteiger partial charge >= 0.3 is 0 Å². The number of aromatic nitrogens is 2. The van der Waals surface area contributed by atoms with Crippen LogP contribution in [0.3, 0.4) is 0 Å². The number of nitrogens with two attached hydrogens (primary N) is 1. The Bertz CT molecular complexity index is 331. The summed E-state index contributed by atoms with van der Waals surface area (Å²) in [6.45, 7) is 5.23. The molecular formula is C9H14N4O. The molecule has 0 fully saturated rings. The molecule has 0 saturated heterocycles. The molecule has 1 aromatic rings. The highest BCUT2D eigenvalue weighted by atomic mass is 16.1. The zero-order chi connectivity index (χ0) is 10.8. The second-order valence-electron chi connectivity index (χ2n) is 3.67. The molecule has 76 valence electrons. The van der Waals surface area contributed by atoms with Gasteiger partial charge in [0, 0.05) is 0 Å². The van der Waals surface area contributed by atoms with Gasteiger partial charge in [0.1, 0.15) is 11.4 Å². The predicted molar refractivity (Wildman–Crippen MR) is 53.7 cm³/mol. The molecule has 1 heterocycles. The van der Waals surface area contributed by atoms with Gasteiger partial charge in [-0.05, 0) is 32.9 Å². The van der Waals surface area contributed by atoms with Crippen LogP contribution in [-0.4, -0.2) is 21.6 Å². The number of hydrogen-bond donors (Lipinski definition) is 2. The topological polar surface area (TPSA) is 80.9 Å². The van der Waals surface area contributed by atoms with E-state index in [1.54, 1.807) is 19.9 Å². The van der Waals surface area contributed by atoms with Crippen LogP contribution in [-0.2, 0) is 4.79 Å². The highest BCUT2D eigenvalue weighted by molar-refractivity contribution is 5.86. The van der Waals surface area contributed by atoms with Crippen LogP contribution in [0.15, 0.2) is 12.1 Å². The van der Waals surface area contributed by atoms with E-state index in [1.165, 1.54) is 0 Å². The minimum Gasteiger partial charge on any atom is -0.368 e. The summed E-state index contributed by atoms with van der Waals surface area (Å²) in [6, 6.07) is 3.57. The number of carbonyl (C=O) groups excluding carboxylic acids is 1. The van der Waals surface area contributed by atoms with Gasteiger partial charge in [0.2, 0.25) is 5.91 Å². The first-order chi connectivity index (χ1) is 6.42. The predicted octanol–water partition coefficient (Wildman–Crippen LogP) is 0.461. The zero-order valence-corrected chi connectivity index (χ0v) is 8.53. The third-order valence-corrected chi connectivity index (χ3v) is 1.85. The van der Waals surface area contributed by atoms with Crippen molar-refractivity contribution in [3.05, 3.63) is 17.8 Å². The number of amides is 1. The third-order valence-electron chi connectivity index (χ3n) is 1.85. The van der Waals surface area contributed by atoms with E-state index in [2.05, 4.69) is 15.5 Å². The van der Waals surface area contributed by atoms with Gasteiger partial charge < -0.3 is 11.1 Å². The van der Waals surface area contributed by atoms with E-state index < -0.39 is 11.4 Å². The molecule has 0 aliphatic carbocycles. The molecule has 0 saturated carbocycles. The number of nitrogens with one attached hydrogen (secondary N) is 1. The molecule has 1 aromatic heterocycles. The maximum absolute atomic E-state index is 11.0. The van der Waals surface area contributed by atoms with Crippen LogP contribution in [0.5, 0.6) is 0 Å². The first kappa shape index (κ1) is 10.4. The van der Waals surface area contributed by atoms with Gasteiger partial charge in [0.15, 0.2) is 0 Å². The number of rotatable bonds is 3. The van der Waals surface area contributed by atoms with Crippen molar-refractivity contribution in [3.63, 3.8) is 0 Å². The quantitative estimate of drug-likeness (QED) is 0.732. The van der Waals surface area contributed by atoms with Crippen molar-refractivity contribution >= 4 is 11.7 Å². The van der Waals surface area contributed by atoms with Crippen molar-refractivity contribution in [2.75, 3.05) is 5.32 Å². The molecular weight excluding hydrogens is 180 g/mol. The summed E-state index contributed by atoms with van der Waals surface area (Å²) in [6.07, 6.45) is 0. The highest BCUT2D eigenvalue weighted by Crippen LogP contribution is 2.10. The van der Waals surface area contributed by atoms with Crippen LogP contribution in [0.25, 0.3) is 0 Å². The molecule has 5 nitrogen and oxygen atoms in total. The summed E-state index contributed by atoms with van der Waals surface area (Å²) < 4.78 is 0. The van der Waals surface area contributed by atoms with Crippen LogP contribution in [0, 0.1) is 6.92 Å².